The number of nitrogens with zero attached hydrogens (tertiary/aromatic N) is 2. The fourth-order valence-corrected chi connectivity index (χ4v) is 3.14. The molecule has 3 N–H and O–H groups in total. The van der Waals surface area contributed by atoms with Gasteiger partial charge in [0.1, 0.15) is 6.04 Å². The molecular formula is C13H23N3O4. The van der Waals surface area contributed by atoms with Crippen molar-refractivity contribution >= 4 is 12.0 Å². The predicted molar refractivity (Wildman–Crippen MR) is 72.4 cm³/mol. The van der Waals surface area contributed by atoms with E-state index in [-0.39, 0.29) is 19.0 Å². The maximum Gasteiger partial charge on any atom is 0.326 e. The number of likely N-dealkylation sites (tertiary alicyclic amines) is 2. The molecule has 0 bridgehead atoms. The molecule has 0 radical (unpaired) electrons. The molecule has 2 aliphatic heterocycles. The van der Waals surface area contributed by atoms with E-state index in [1.54, 1.807) is 4.90 Å². The van der Waals surface area contributed by atoms with Crippen LogP contribution in [0.4, 0.5) is 4.79 Å². The van der Waals surface area contributed by atoms with Crippen LogP contribution in [0.5, 0.6) is 0 Å². The Bertz CT molecular complexity index is 375. The Morgan fingerprint density at radius 1 is 1.35 bits per heavy atom. The van der Waals surface area contributed by atoms with Crippen LogP contribution in [0.2, 0.25) is 0 Å². The molecule has 0 aromatic heterocycles. The van der Waals surface area contributed by atoms with Gasteiger partial charge in [-0.25, -0.2) is 9.59 Å². The third-order valence-electron chi connectivity index (χ3n) is 4.09. The largest absolute Gasteiger partial charge is 0.480 e. The van der Waals surface area contributed by atoms with E-state index in [0.29, 0.717) is 19.0 Å². The van der Waals surface area contributed by atoms with Gasteiger partial charge in [0.15, 0.2) is 0 Å². The topological polar surface area (TPSA) is 93.1 Å². The van der Waals surface area contributed by atoms with Crippen LogP contribution in [0.25, 0.3) is 0 Å². The van der Waals surface area contributed by atoms with Crippen LogP contribution >= 0.6 is 0 Å². The zero-order chi connectivity index (χ0) is 14.7. The molecular weight excluding hydrogens is 262 g/mol. The number of nitrogens with one attached hydrogen (secondary N) is 1. The monoisotopic (exact) mass is 285 g/mol. The minimum atomic E-state index is -1.04. The maximum atomic E-state index is 12.5. The van der Waals surface area contributed by atoms with Gasteiger partial charge in [-0.2, -0.15) is 0 Å². The lowest BCUT2D eigenvalue weighted by Gasteiger charge is -2.36. The van der Waals surface area contributed by atoms with E-state index in [0.717, 1.165) is 19.4 Å². The predicted octanol–water partition coefficient (Wildman–Crippen LogP) is -0.442. The summed E-state index contributed by atoms with van der Waals surface area (Å²) in [4.78, 5) is 26.7. The highest BCUT2D eigenvalue weighted by Gasteiger charge is 2.41. The molecule has 2 fully saturated rings. The van der Waals surface area contributed by atoms with E-state index in [9.17, 15) is 14.7 Å². The van der Waals surface area contributed by atoms with Crippen LogP contribution in [0.15, 0.2) is 0 Å². The van der Waals surface area contributed by atoms with Gasteiger partial charge in [0, 0.05) is 26.1 Å². The average Bonchev–Trinajstić information content (AvgIpc) is 2.81. The lowest BCUT2D eigenvalue weighted by atomic mass is 9.98. The lowest BCUT2D eigenvalue weighted by molar-refractivity contribution is -0.141. The van der Waals surface area contributed by atoms with Crippen molar-refractivity contribution in [3.63, 3.8) is 0 Å². The SMILES string of the molecule is CNCC1CCCN(C(=O)N2CC(O)C[C@H]2C(=O)O)C1. The van der Waals surface area contributed by atoms with Gasteiger partial charge in [0.2, 0.25) is 0 Å². The number of carbonyl (C=O) groups excluding carboxylic acids is 1. The summed E-state index contributed by atoms with van der Waals surface area (Å²) in [6.45, 7) is 2.29. The highest BCUT2D eigenvalue weighted by molar-refractivity contribution is 5.83. The molecule has 2 unspecified atom stereocenters. The first kappa shape index (κ1) is 15.1. The van der Waals surface area contributed by atoms with Gasteiger partial charge in [-0.1, -0.05) is 0 Å². The van der Waals surface area contributed by atoms with Crippen molar-refractivity contribution < 1.29 is 19.8 Å². The second-order valence-electron chi connectivity index (χ2n) is 5.69. The standard InChI is InChI=1S/C13H23N3O4/c1-14-6-9-3-2-4-15(7-9)13(20)16-8-10(17)5-11(16)12(18)19/h9-11,14,17H,2-8H2,1H3,(H,18,19)/t9?,10?,11-/m0/s1. The second-order valence-corrected chi connectivity index (χ2v) is 5.69. The number of amides is 2. The molecule has 2 saturated heterocycles. The molecule has 0 saturated carbocycles. The number of rotatable bonds is 3. The van der Waals surface area contributed by atoms with Crippen molar-refractivity contribution in [2.75, 3.05) is 33.2 Å². The normalized spacial score (nSPS) is 30.6. The van der Waals surface area contributed by atoms with Crippen LogP contribution in [0.1, 0.15) is 19.3 Å². The summed E-state index contributed by atoms with van der Waals surface area (Å²) < 4.78 is 0. The number of hydrogen-bond acceptors (Lipinski definition) is 4. The zero-order valence-electron chi connectivity index (χ0n) is 11.8. The third kappa shape index (κ3) is 3.21. The number of carbonyl (C=O) groups is 2. The van der Waals surface area contributed by atoms with Gasteiger partial charge in [-0.05, 0) is 32.4 Å². The Morgan fingerprint density at radius 2 is 2.10 bits per heavy atom. The molecule has 0 aliphatic carbocycles. The number of urea groups is 1. The quantitative estimate of drug-likeness (QED) is 0.653. The molecule has 7 heteroatoms. The van der Waals surface area contributed by atoms with Crippen LogP contribution in [-0.2, 0) is 4.79 Å². The summed E-state index contributed by atoms with van der Waals surface area (Å²) >= 11 is 0. The summed E-state index contributed by atoms with van der Waals surface area (Å²) in [5.41, 5.74) is 0. The summed E-state index contributed by atoms with van der Waals surface area (Å²) in [5.74, 6) is -0.632. The van der Waals surface area contributed by atoms with Crippen molar-refractivity contribution in [2.24, 2.45) is 5.92 Å². The first-order valence-corrected chi connectivity index (χ1v) is 7.14. The highest BCUT2D eigenvalue weighted by Crippen LogP contribution is 2.23. The first-order valence-electron chi connectivity index (χ1n) is 7.14. The smallest absolute Gasteiger partial charge is 0.326 e. The van der Waals surface area contributed by atoms with Crippen LogP contribution in [0.3, 0.4) is 0 Å². The number of piperidine rings is 1. The molecule has 0 spiro atoms. The van der Waals surface area contributed by atoms with Gasteiger partial charge in [-0.3, -0.25) is 0 Å². The number of carboxylic acids is 1. The number of β-amino-alcohol motifs (C(OH)–C–C–N with tert-alkyl or cyclic N) is 1. The first-order chi connectivity index (χ1) is 9.52. The summed E-state index contributed by atoms with van der Waals surface area (Å²) in [6.07, 6.45) is 1.40. The number of carboxylic acid groups (broad SMARTS) is 1. The van der Waals surface area contributed by atoms with E-state index >= 15 is 0 Å². The molecule has 114 valence electrons. The molecule has 0 aromatic carbocycles. The lowest BCUT2D eigenvalue weighted by Crippen LogP contribution is -2.51. The van der Waals surface area contributed by atoms with E-state index in [1.807, 2.05) is 7.05 Å². The Labute approximate surface area is 118 Å². The van der Waals surface area contributed by atoms with Crippen LogP contribution in [-0.4, -0.2) is 77.4 Å². The van der Waals surface area contributed by atoms with Gasteiger partial charge < -0.3 is 25.3 Å². The molecule has 2 rings (SSSR count). The summed E-state index contributed by atoms with van der Waals surface area (Å²) in [7, 11) is 1.89. The Hall–Kier alpha value is -1.34. The molecule has 20 heavy (non-hydrogen) atoms. The minimum absolute atomic E-state index is 0.114. The van der Waals surface area contributed by atoms with Crippen LogP contribution in [0, 0.1) is 5.92 Å². The van der Waals surface area contributed by atoms with E-state index in [4.69, 9.17) is 5.11 Å². The highest BCUT2D eigenvalue weighted by atomic mass is 16.4. The van der Waals surface area contributed by atoms with Crippen molar-refractivity contribution in [1.82, 2.24) is 15.1 Å². The number of aliphatic hydroxyl groups excluding tert-OH is 1. The van der Waals surface area contributed by atoms with Gasteiger partial charge >= 0.3 is 12.0 Å². The zero-order valence-corrected chi connectivity index (χ0v) is 11.8. The molecule has 2 amide bonds. The van der Waals surface area contributed by atoms with Gasteiger partial charge in [0.25, 0.3) is 0 Å². The van der Waals surface area contributed by atoms with Gasteiger partial charge in [0.05, 0.1) is 6.10 Å². The second kappa shape index (κ2) is 6.41. The van der Waals surface area contributed by atoms with Gasteiger partial charge in [-0.15, -0.1) is 0 Å². The fourth-order valence-electron chi connectivity index (χ4n) is 3.14. The molecule has 7 nitrogen and oxygen atoms in total. The Kier molecular flexibility index (Phi) is 4.82. The van der Waals surface area contributed by atoms with E-state index in [1.165, 1.54) is 4.90 Å². The average molecular weight is 285 g/mol. The van der Waals surface area contributed by atoms with Crippen molar-refractivity contribution in [3.8, 4) is 0 Å². The Morgan fingerprint density at radius 3 is 2.75 bits per heavy atom. The minimum Gasteiger partial charge on any atom is -0.480 e. The molecule has 0 aromatic rings. The molecule has 2 heterocycles. The number of aliphatic carboxylic acids is 1. The Balaban J connectivity index is 2.00. The van der Waals surface area contributed by atoms with Crippen molar-refractivity contribution in [1.29, 1.82) is 0 Å². The van der Waals surface area contributed by atoms with E-state index < -0.39 is 18.1 Å². The summed E-state index contributed by atoms with van der Waals surface area (Å²) in [5, 5.41) is 21.9. The van der Waals surface area contributed by atoms with Crippen molar-refractivity contribution in [2.45, 2.75) is 31.4 Å². The van der Waals surface area contributed by atoms with Crippen LogP contribution < -0.4 is 5.32 Å². The fraction of sp³-hybridized carbons (Fsp3) is 0.846. The third-order valence-corrected chi connectivity index (χ3v) is 4.09. The molecule has 2 aliphatic rings. The number of hydrogen-bond donors (Lipinski definition) is 3. The maximum absolute atomic E-state index is 12.5. The summed E-state index contributed by atoms with van der Waals surface area (Å²) in [6, 6.07) is -1.16. The number of aliphatic hydroxyl groups is 1. The van der Waals surface area contributed by atoms with Crippen molar-refractivity contribution in [3.05, 3.63) is 0 Å². The molecule has 3 atom stereocenters. The van der Waals surface area contributed by atoms with E-state index in [2.05, 4.69) is 5.32 Å².